The molecule has 2 rings (SSSR count). The lowest BCUT2D eigenvalue weighted by atomic mass is 9.86. The molecular weight excluding hydrogens is 368 g/mol. The number of hydrogen-bond acceptors (Lipinski definition) is 5. The van der Waals surface area contributed by atoms with Crippen LogP contribution in [-0.2, 0) is 11.3 Å². The van der Waals surface area contributed by atoms with E-state index in [1.807, 2.05) is 31.3 Å². The van der Waals surface area contributed by atoms with Gasteiger partial charge in [-0.1, -0.05) is 45.0 Å². The maximum atomic E-state index is 12.8. The van der Waals surface area contributed by atoms with Crippen LogP contribution < -0.4 is 10.6 Å². The Kier molecular flexibility index (Phi) is 8.16. The van der Waals surface area contributed by atoms with Crippen molar-refractivity contribution in [3.63, 3.8) is 0 Å². The van der Waals surface area contributed by atoms with Crippen molar-refractivity contribution in [3.8, 4) is 10.4 Å². The van der Waals surface area contributed by atoms with Gasteiger partial charge in [0, 0.05) is 26.2 Å². The molecule has 6 heteroatoms. The van der Waals surface area contributed by atoms with Crippen LogP contribution in [0.3, 0.4) is 0 Å². The first kappa shape index (κ1) is 22.5. The van der Waals surface area contributed by atoms with Gasteiger partial charge in [-0.2, -0.15) is 0 Å². The van der Waals surface area contributed by atoms with Crippen LogP contribution in [0.4, 0.5) is 0 Å². The van der Waals surface area contributed by atoms with E-state index in [2.05, 4.69) is 60.7 Å². The van der Waals surface area contributed by atoms with Crippen LogP contribution in [0.25, 0.3) is 10.4 Å². The summed E-state index contributed by atoms with van der Waals surface area (Å²) in [6.07, 6.45) is 0. The molecule has 0 spiro atoms. The third-order valence-corrected chi connectivity index (χ3v) is 5.92. The molecule has 0 bridgehead atoms. The molecule has 1 aromatic carbocycles. The van der Waals surface area contributed by atoms with E-state index in [-0.39, 0.29) is 17.4 Å². The summed E-state index contributed by atoms with van der Waals surface area (Å²) in [5.41, 5.74) is 5.31. The van der Waals surface area contributed by atoms with E-state index in [0.717, 1.165) is 25.3 Å². The number of nitrogens with zero attached hydrogens (tertiary/aromatic N) is 2. The number of aryl methyl sites for hydroxylation is 1. The Labute approximate surface area is 173 Å². The molecular formula is C22H34N4OS. The van der Waals surface area contributed by atoms with Crippen LogP contribution in [0, 0.1) is 12.3 Å². The SMILES string of the molecule is CCN(CCNCc1ccc(-c2scnc2C)cc1)C(=O)[C@@H](NC)C(C)(C)C. The van der Waals surface area contributed by atoms with E-state index in [9.17, 15) is 4.79 Å². The second kappa shape index (κ2) is 10.1. The van der Waals surface area contributed by atoms with Gasteiger partial charge in [0.15, 0.2) is 0 Å². The Bertz CT molecular complexity index is 749. The van der Waals surface area contributed by atoms with Gasteiger partial charge >= 0.3 is 0 Å². The molecule has 0 unspecified atom stereocenters. The van der Waals surface area contributed by atoms with E-state index in [0.29, 0.717) is 6.54 Å². The Morgan fingerprint density at radius 2 is 1.93 bits per heavy atom. The Hall–Kier alpha value is -1.76. The number of thiazole rings is 1. The smallest absolute Gasteiger partial charge is 0.240 e. The molecule has 0 fully saturated rings. The topological polar surface area (TPSA) is 57.3 Å². The first-order chi connectivity index (χ1) is 13.3. The van der Waals surface area contributed by atoms with E-state index < -0.39 is 0 Å². The summed E-state index contributed by atoms with van der Waals surface area (Å²) in [7, 11) is 1.86. The molecule has 0 saturated heterocycles. The van der Waals surface area contributed by atoms with Gasteiger partial charge in [-0.25, -0.2) is 4.98 Å². The number of benzene rings is 1. The highest BCUT2D eigenvalue weighted by Crippen LogP contribution is 2.27. The maximum absolute atomic E-state index is 12.8. The van der Waals surface area contributed by atoms with Crippen molar-refractivity contribution in [3.05, 3.63) is 41.0 Å². The zero-order chi connectivity index (χ0) is 20.7. The molecule has 28 heavy (non-hydrogen) atoms. The zero-order valence-electron chi connectivity index (χ0n) is 18.0. The minimum absolute atomic E-state index is 0.106. The van der Waals surface area contributed by atoms with Crippen molar-refractivity contribution < 1.29 is 4.79 Å². The molecule has 0 aliphatic carbocycles. The second-order valence-corrected chi connectivity index (χ2v) is 9.00. The molecule has 2 N–H and O–H groups in total. The highest BCUT2D eigenvalue weighted by atomic mass is 32.1. The van der Waals surface area contributed by atoms with Gasteiger partial charge in [0.05, 0.1) is 22.1 Å². The van der Waals surface area contributed by atoms with Gasteiger partial charge in [-0.05, 0) is 37.4 Å². The number of amides is 1. The lowest BCUT2D eigenvalue weighted by Gasteiger charge is -2.34. The van der Waals surface area contributed by atoms with Gasteiger partial charge in [-0.15, -0.1) is 11.3 Å². The van der Waals surface area contributed by atoms with Gasteiger partial charge < -0.3 is 15.5 Å². The summed E-state index contributed by atoms with van der Waals surface area (Å²) >= 11 is 1.67. The van der Waals surface area contributed by atoms with Crippen LogP contribution in [-0.4, -0.2) is 48.5 Å². The van der Waals surface area contributed by atoms with Gasteiger partial charge in [0.25, 0.3) is 0 Å². The number of likely N-dealkylation sites (N-methyl/N-ethyl adjacent to an activating group) is 2. The summed E-state index contributed by atoms with van der Waals surface area (Å²) in [6.45, 7) is 13.4. The van der Waals surface area contributed by atoms with E-state index >= 15 is 0 Å². The number of nitrogens with one attached hydrogen (secondary N) is 2. The fraction of sp³-hybridized carbons (Fsp3) is 0.545. The van der Waals surface area contributed by atoms with E-state index in [4.69, 9.17) is 0 Å². The van der Waals surface area contributed by atoms with Gasteiger partial charge in [-0.3, -0.25) is 4.79 Å². The fourth-order valence-corrected chi connectivity index (χ4v) is 4.14. The summed E-state index contributed by atoms with van der Waals surface area (Å²) in [5.74, 6) is 0.170. The molecule has 0 radical (unpaired) electrons. The van der Waals surface area contributed by atoms with Crippen LogP contribution >= 0.6 is 11.3 Å². The van der Waals surface area contributed by atoms with Crippen molar-refractivity contribution >= 4 is 17.2 Å². The predicted octanol–water partition coefficient (Wildman–Crippen LogP) is 3.69. The molecule has 5 nitrogen and oxygen atoms in total. The van der Waals surface area contributed by atoms with Gasteiger partial charge in [0.2, 0.25) is 5.91 Å². The monoisotopic (exact) mass is 402 g/mol. The highest BCUT2D eigenvalue weighted by Gasteiger charge is 2.32. The van der Waals surface area contributed by atoms with Gasteiger partial charge in [0.1, 0.15) is 0 Å². The quantitative estimate of drug-likeness (QED) is 0.628. The predicted molar refractivity (Wildman–Crippen MR) is 119 cm³/mol. The molecule has 1 heterocycles. The van der Waals surface area contributed by atoms with Crippen molar-refractivity contribution in [1.29, 1.82) is 0 Å². The van der Waals surface area contributed by atoms with Crippen molar-refractivity contribution in [2.45, 2.75) is 47.2 Å². The zero-order valence-corrected chi connectivity index (χ0v) is 18.8. The third-order valence-electron chi connectivity index (χ3n) is 4.94. The maximum Gasteiger partial charge on any atom is 0.240 e. The number of aromatic nitrogens is 1. The average Bonchev–Trinajstić information content (AvgIpc) is 3.07. The second-order valence-electron chi connectivity index (χ2n) is 8.15. The summed E-state index contributed by atoms with van der Waals surface area (Å²) in [6, 6.07) is 8.44. The summed E-state index contributed by atoms with van der Waals surface area (Å²) < 4.78 is 0. The van der Waals surface area contributed by atoms with Crippen molar-refractivity contribution in [2.75, 3.05) is 26.7 Å². The molecule has 1 aromatic heterocycles. The summed E-state index contributed by atoms with van der Waals surface area (Å²) in [4.78, 5) is 20.3. The molecule has 1 amide bonds. The summed E-state index contributed by atoms with van der Waals surface area (Å²) in [5, 5.41) is 6.64. The minimum Gasteiger partial charge on any atom is -0.340 e. The Balaban J connectivity index is 1.84. The lowest BCUT2D eigenvalue weighted by molar-refractivity contribution is -0.135. The standard InChI is InChI=1S/C22H34N4OS/c1-7-26(21(27)20(23-6)22(3,4)5)13-12-24-14-17-8-10-18(11-9-17)19-16(2)25-15-28-19/h8-11,15,20,23-24H,7,12-14H2,1-6H3/t20-/m1/s1. The lowest BCUT2D eigenvalue weighted by Crippen LogP contribution is -2.52. The normalized spacial score (nSPS) is 12.8. The largest absolute Gasteiger partial charge is 0.340 e. The number of rotatable bonds is 9. The Morgan fingerprint density at radius 1 is 1.25 bits per heavy atom. The number of carbonyl (C=O) groups is 1. The molecule has 1 atom stereocenters. The van der Waals surface area contributed by atoms with Crippen LogP contribution in [0.2, 0.25) is 0 Å². The average molecular weight is 403 g/mol. The first-order valence-corrected chi connectivity index (χ1v) is 10.8. The van der Waals surface area contributed by atoms with E-state index in [1.54, 1.807) is 11.3 Å². The Morgan fingerprint density at radius 3 is 2.43 bits per heavy atom. The third kappa shape index (κ3) is 5.87. The first-order valence-electron chi connectivity index (χ1n) is 9.94. The molecule has 154 valence electrons. The van der Waals surface area contributed by atoms with Crippen molar-refractivity contribution in [2.24, 2.45) is 5.41 Å². The molecule has 0 aliphatic rings. The molecule has 2 aromatic rings. The molecule has 0 aliphatic heterocycles. The van der Waals surface area contributed by atoms with Crippen molar-refractivity contribution in [1.82, 2.24) is 20.5 Å². The number of carbonyl (C=O) groups excluding carboxylic acids is 1. The van der Waals surface area contributed by atoms with E-state index in [1.165, 1.54) is 16.0 Å². The fourth-order valence-electron chi connectivity index (χ4n) is 3.33. The van der Waals surface area contributed by atoms with Crippen LogP contribution in [0.5, 0.6) is 0 Å². The van der Waals surface area contributed by atoms with Crippen LogP contribution in [0.15, 0.2) is 29.8 Å². The van der Waals surface area contributed by atoms with Crippen LogP contribution in [0.1, 0.15) is 39.0 Å². The highest BCUT2D eigenvalue weighted by molar-refractivity contribution is 7.13. The minimum atomic E-state index is -0.171. The molecule has 0 saturated carbocycles. The number of hydrogen-bond donors (Lipinski definition) is 2.